The van der Waals surface area contributed by atoms with Gasteiger partial charge in [-0.15, -0.1) is 0 Å². The molecular formula is C21H26N6O2. The van der Waals surface area contributed by atoms with Gasteiger partial charge in [-0.05, 0) is 37.5 Å². The third-order valence-corrected chi connectivity index (χ3v) is 5.77. The van der Waals surface area contributed by atoms with Crippen molar-refractivity contribution in [3.8, 4) is 5.75 Å². The van der Waals surface area contributed by atoms with Crippen LogP contribution in [0.15, 0.2) is 30.6 Å². The van der Waals surface area contributed by atoms with Gasteiger partial charge in [0, 0.05) is 37.5 Å². The van der Waals surface area contributed by atoms with Crippen LogP contribution in [-0.2, 0) is 4.79 Å². The highest BCUT2D eigenvalue weighted by Gasteiger charge is 2.43. The van der Waals surface area contributed by atoms with E-state index in [1.165, 1.54) is 6.33 Å². The number of aromatic nitrogens is 2. The molecule has 1 aliphatic heterocycles. The lowest BCUT2D eigenvalue weighted by molar-refractivity contribution is -0.129. The van der Waals surface area contributed by atoms with Crippen molar-refractivity contribution in [1.82, 2.24) is 14.9 Å². The van der Waals surface area contributed by atoms with Crippen molar-refractivity contribution in [2.45, 2.75) is 31.8 Å². The minimum absolute atomic E-state index is 0.0468. The van der Waals surface area contributed by atoms with E-state index in [1.54, 1.807) is 24.1 Å². The number of nitrogens with zero attached hydrogens (tertiary/aromatic N) is 4. The molecule has 1 aromatic heterocycles. The zero-order chi connectivity index (χ0) is 20.6. The van der Waals surface area contributed by atoms with Crippen molar-refractivity contribution >= 4 is 23.1 Å². The van der Waals surface area contributed by atoms with E-state index in [-0.39, 0.29) is 23.8 Å². The first-order chi connectivity index (χ1) is 13.9. The molecule has 8 nitrogen and oxygen atoms in total. The molecule has 29 heavy (non-hydrogen) atoms. The summed E-state index contributed by atoms with van der Waals surface area (Å²) in [4.78, 5) is 24.2. The molecule has 0 atom stereocenters. The van der Waals surface area contributed by atoms with Crippen LogP contribution in [-0.4, -0.2) is 58.8 Å². The number of benzene rings is 1. The van der Waals surface area contributed by atoms with E-state index in [0.717, 1.165) is 25.0 Å². The van der Waals surface area contributed by atoms with Crippen molar-refractivity contribution in [1.29, 1.82) is 5.41 Å². The first kappa shape index (κ1) is 19.2. The zero-order valence-electron chi connectivity index (χ0n) is 16.8. The summed E-state index contributed by atoms with van der Waals surface area (Å²) < 4.78 is 6.15. The van der Waals surface area contributed by atoms with Crippen molar-refractivity contribution in [2.75, 3.05) is 37.3 Å². The molecule has 1 amide bonds. The summed E-state index contributed by atoms with van der Waals surface area (Å²) in [7, 11) is 1.79. The van der Waals surface area contributed by atoms with Gasteiger partial charge >= 0.3 is 0 Å². The van der Waals surface area contributed by atoms with Gasteiger partial charge in [-0.1, -0.05) is 6.92 Å². The average Bonchev–Trinajstić information content (AvgIpc) is 3.51. The van der Waals surface area contributed by atoms with Crippen molar-refractivity contribution in [2.24, 2.45) is 0 Å². The molecule has 0 unspecified atom stereocenters. The van der Waals surface area contributed by atoms with Crippen LogP contribution in [0.5, 0.6) is 5.75 Å². The summed E-state index contributed by atoms with van der Waals surface area (Å²) in [6.07, 6.45) is 4.50. The van der Waals surface area contributed by atoms with E-state index < -0.39 is 0 Å². The van der Waals surface area contributed by atoms with Crippen LogP contribution < -0.4 is 15.4 Å². The van der Waals surface area contributed by atoms with Gasteiger partial charge in [0.15, 0.2) is 0 Å². The van der Waals surface area contributed by atoms with Gasteiger partial charge in [-0.25, -0.2) is 9.97 Å². The number of hydrogen-bond acceptors (Lipinski definition) is 7. The van der Waals surface area contributed by atoms with Crippen LogP contribution >= 0.6 is 0 Å². The number of piperazine rings is 1. The lowest BCUT2D eigenvalue weighted by atomic mass is 10.0. The minimum Gasteiger partial charge on any atom is -0.487 e. The van der Waals surface area contributed by atoms with Crippen molar-refractivity contribution in [3.63, 3.8) is 0 Å². The smallest absolute Gasteiger partial charge is 0.241 e. The Kier molecular flexibility index (Phi) is 4.86. The number of hydrogen-bond donors (Lipinski definition) is 2. The highest BCUT2D eigenvalue weighted by atomic mass is 16.5. The lowest BCUT2D eigenvalue weighted by Crippen LogP contribution is -2.48. The predicted octanol–water partition coefficient (Wildman–Crippen LogP) is 2.07. The van der Waals surface area contributed by atoms with E-state index in [9.17, 15) is 4.79 Å². The highest BCUT2D eigenvalue weighted by Crippen LogP contribution is 2.43. The van der Waals surface area contributed by atoms with Crippen LogP contribution in [0.2, 0.25) is 0 Å². The highest BCUT2D eigenvalue weighted by molar-refractivity contribution is 6.13. The molecule has 2 aliphatic rings. The molecule has 2 aromatic rings. The second kappa shape index (κ2) is 7.35. The Morgan fingerprint density at radius 2 is 2.07 bits per heavy atom. The summed E-state index contributed by atoms with van der Waals surface area (Å²) in [5.74, 6) is 1.40. The van der Waals surface area contributed by atoms with Gasteiger partial charge in [0.1, 0.15) is 23.5 Å². The number of amides is 1. The number of anilines is 2. The van der Waals surface area contributed by atoms with Crippen LogP contribution in [0.4, 0.5) is 11.5 Å². The Balaban J connectivity index is 1.57. The number of carbonyl (C=O) groups is 1. The number of carbonyl (C=O) groups excluding carboxylic acids is 1. The summed E-state index contributed by atoms with van der Waals surface area (Å²) >= 11 is 0. The summed E-state index contributed by atoms with van der Waals surface area (Å²) in [6.45, 7) is 3.72. The van der Waals surface area contributed by atoms with Crippen LogP contribution in [0.3, 0.4) is 0 Å². The number of likely N-dealkylation sites (N-methyl/N-ethyl adjacent to an activating group) is 1. The van der Waals surface area contributed by atoms with Crippen molar-refractivity contribution < 1.29 is 9.53 Å². The van der Waals surface area contributed by atoms with Gasteiger partial charge < -0.3 is 20.3 Å². The summed E-state index contributed by atoms with van der Waals surface area (Å²) in [6, 6.07) is 7.17. The van der Waals surface area contributed by atoms with E-state index in [1.807, 2.05) is 17.0 Å². The lowest BCUT2D eigenvalue weighted by Gasteiger charge is -2.32. The molecule has 4 rings (SSSR count). The second-order valence-corrected chi connectivity index (χ2v) is 7.76. The molecule has 0 bridgehead atoms. The third kappa shape index (κ3) is 3.87. The zero-order valence-corrected chi connectivity index (χ0v) is 16.8. The number of nitrogens with two attached hydrogens (primary N) is 1. The van der Waals surface area contributed by atoms with Gasteiger partial charge in [0.05, 0.1) is 18.0 Å². The standard InChI is InChI=1S/C21H26N6O2/c1-3-21(6-7-21)29-14-4-5-16(22)15(10-14)20(23)17-11-18(25-13-24-17)27-9-8-26(2)19(28)12-27/h4-5,10-11,13,23H,3,6-9,12,22H2,1-2H3. The van der Waals surface area contributed by atoms with Gasteiger partial charge in [-0.2, -0.15) is 0 Å². The maximum Gasteiger partial charge on any atom is 0.241 e. The Labute approximate surface area is 170 Å². The molecular weight excluding hydrogens is 368 g/mol. The van der Waals surface area contributed by atoms with E-state index >= 15 is 0 Å². The second-order valence-electron chi connectivity index (χ2n) is 7.76. The molecule has 152 valence electrons. The maximum atomic E-state index is 12.0. The molecule has 8 heteroatoms. The molecule has 0 radical (unpaired) electrons. The Morgan fingerprint density at radius 3 is 2.76 bits per heavy atom. The Bertz CT molecular complexity index is 956. The fourth-order valence-corrected chi connectivity index (χ4v) is 3.48. The number of nitrogen functional groups attached to an aromatic ring is 1. The molecule has 1 aliphatic carbocycles. The monoisotopic (exact) mass is 394 g/mol. The topological polar surface area (TPSA) is 108 Å². The number of ether oxygens (including phenoxy) is 1. The number of rotatable bonds is 6. The van der Waals surface area contributed by atoms with Gasteiger partial charge in [0.25, 0.3) is 0 Å². The van der Waals surface area contributed by atoms with Crippen molar-refractivity contribution in [3.05, 3.63) is 41.9 Å². The first-order valence-electron chi connectivity index (χ1n) is 9.89. The van der Waals surface area contributed by atoms with Crippen LogP contribution in [0.1, 0.15) is 37.4 Å². The normalized spacial score (nSPS) is 17.9. The largest absolute Gasteiger partial charge is 0.487 e. The van der Waals surface area contributed by atoms with E-state index in [0.29, 0.717) is 35.9 Å². The first-order valence-corrected chi connectivity index (χ1v) is 9.89. The van der Waals surface area contributed by atoms with Crippen LogP contribution in [0.25, 0.3) is 0 Å². The molecule has 2 heterocycles. The molecule has 3 N–H and O–H groups in total. The fourth-order valence-electron chi connectivity index (χ4n) is 3.48. The predicted molar refractivity (Wildman–Crippen MR) is 112 cm³/mol. The van der Waals surface area contributed by atoms with E-state index in [2.05, 4.69) is 16.9 Å². The van der Waals surface area contributed by atoms with Gasteiger partial charge in [-0.3, -0.25) is 10.2 Å². The van der Waals surface area contributed by atoms with E-state index in [4.69, 9.17) is 15.9 Å². The Morgan fingerprint density at radius 1 is 1.28 bits per heavy atom. The molecule has 1 saturated heterocycles. The molecule has 2 fully saturated rings. The third-order valence-electron chi connectivity index (χ3n) is 5.77. The average molecular weight is 394 g/mol. The minimum atomic E-state index is -0.0639. The fraction of sp³-hybridized carbons (Fsp3) is 0.429. The summed E-state index contributed by atoms with van der Waals surface area (Å²) in [5.41, 5.74) is 7.83. The SMILES string of the molecule is CCC1(Oc2ccc(N)c(C(=N)c3cc(N4CCN(C)C(=O)C4)ncn3)c2)CC1. The van der Waals surface area contributed by atoms with Gasteiger partial charge in [0.2, 0.25) is 5.91 Å². The summed E-state index contributed by atoms with van der Waals surface area (Å²) in [5, 5.41) is 8.66. The molecule has 0 spiro atoms. The maximum absolute atomic E-state index is 12.0. The quantitative estimate of drug-likeness (QED) is 0.574. The molecule has 1 aromatic carbocycles. The van der Waals surface area contributed by atoms with Crippen LogP contribution in [0, 0.1) is 5.41 Å². The Hall–Kier alpha value is -3.16. The molecule has 1 saturated carbocycles. The number of nitrogens with one attached hydrogen (secondary N) is 1.